The van der Waals surface area contributed by atoms with Crippen LogP contribution in [0.1, 0.15) is 10.5 Å². The summed E-state index contributed by atoms with van der Waals surface area (Å²) < 4.78 is 7.21. The fraction of sp³-hybridized carbons (Fsp3) is 0.333. The van der Waals surface area contributed by atoms with Gasteiger partial charge in [0, 0.05) is 45.8 Å². The Labute approximate surface area is 195 Å². The number of aromatic nitrogens is 5. The van der Waals surface area contributed by atoms with Crippen molar-refractivity contribution in [1.29, 1.82) is 0 Å². The minimum atomic E-state index is -0.456. The molecule has 4 rings (SSSR count). The third kappa shape index (κ3) is 4.59. The zero-order valence-corrected chi connectivity index (χ0v) is 18.9. The predicted octanol–water partition coefficient (Wildman–Crippen LogP) is 0.840. The van der Waals surface area contributed by atoms with Crippen LogP contribution in [-0.2, 0) is 7.05 Å². The normalized spacial score (nSPS) is 13.2. The Morgan fingerprint density at radius 2 is 2.03 bits per heavy atom. The molecule has 3 aromatic rings. The maximum absolute atomic E-state index is 12.4. The van der Waals surface area contributed by atoms with Gasteiger partial charge < -0.3 is 25.4 Å². The van der Waals surface area contributed by atoms with E-state index in [2.05, 4.69) is 36.2 Å². The number of aryl methyl sites for hydroxylation is 1. The predicted molar refractivity (Wildman–Crippen MR) is 123 cm³/mol. The van der Waals surface area contributed by atoms with E-state index < -0.39 is 5.91 Å². The van der Waals surface area contributed by atoms with Crippen LogP contribution in [0.2, 0.25) is 0 Å². The van der Waals surface area contributed by atoms with Gasteiger partial charge in [0.1, 0.15) is 6.33 Å². The number of methoxy groups -OCH3 is 1. The zero-order chi connectivity index (χ0) is 24.2. The van der Waals surface area contributed by atoms with Crippen molar-refractivity contribution in [3.63, 3.8) is 0 Å². The second-order valence-corrected chi connectivity index (χ2v) is 7.71. The van der Waals surface area contributed by atoms with Crippen LogP contribution < -0.4 is 20.7 Å². The molecule has 0 unspecified atom stereocenters. The van der Waals surface area contributed by atoms with Crippen LogP contribution in [-0.4, -0.2) is 80.8 Å². The van der Waals surface area contributed by atoms with E-state index in [0.29, 0.717) is 41.6 Å². The number of amides is 3. The topological polar surface area (TPSA) is 159 Å². The summed E-state index contributed by atoms with van der Waals surface area (Å²) in [6.45, 7) is 0.957. The summed E-state index contributed by atoms with van der Waals surface area (Å²) in [5, 5.41) is 29.8. The van der Waals surface area contributed by atoms with Gasteiger partial charge in [-0.3, -0.25) is 14.8 Å². The van der Waals surface area contributed by atoms with Gasteiger partial charge in [-0.25, -0.2) is 9.78 Å². The molecule has 4 N–H and O–H groups in total. The molecule has 13 nitrogen and oxygen atoms in total. The molecule has 13 heteroatoms. The smallest absolute Gasteiger partial charge is 0.323 e. The molecular formula is C21H25N9O4. The number of rotatable bonds is 7. The number of ether oxygens (including phenoxy) is 1. The molecule has 1 saturated heterocycles. The number of aliphatic hydroxyl groups excluding tert-OH is 1. The summed E-state index contributed by atoms with van der Waals surface area (Å²) >= 11 is 0. The molecule has 3 heterocycles. The summed E-state index contributed by atoms with van der Waals surface area (Å²) in [6, 6.07) is 6.55. The van der Waals surface area contributed by atoms with E-state index >= 15 is 0 Å². The number of urea groups is 1. The van der Waals surface area contributed by atoms with Gasteiger partial charge in [0.05, 0.1) is 24.0 Å². The second kappa shape index (κ2) is 9.70. The highest BCUT2D eigenvalue weighted by molar-refractivity contribution is 5.99. The van der Waals surface area contributed by atoms with Crippen LogP contribution in [0.3, 0.4) is 0 Å². The third-order valence-corrected chi connectivity index (χ3v) is 5.30. The fourth-order valence-corrected chi connectivity index (χ4v) is 3.51. The van der Waals surface area contributed by atoms with Crippen molar-refractivity contribution >= 4 is 29.1 Å². The van der Waals surface area contributed by atoms with E-state index in [1.54, 1.807) is 35.1 Å². The standard InChI is InChI=1S/C21H25N9O4/c1-22-20(32)17-15(7-16(26-27-17)25-21(33)30-8-12(9-30)10-31)24-14-6-4-5-13(18(14)34-3)19-23-11-29(2)28-19/h4-7,11-12,31H,8-10H2,1-3H3,(H,22,32)(H2,24,25,26,33). The van der Waals surface area contributed by atoms with Crippen molar-refractivity contribution < 1.29 is 19.4 Å². The van der Waals surface area contributed by atoms with E-state index in [1.165, 1.54) is 20.2 Å². The Balaban J connectivity index is 1.64. The molecule has 34 heavy (non-hydrogen) atoms. The van der Waals surface area contributed by atoms with Crippen LogP contribution in [0.15, 0.2) is 30.6 Å². The van der Waals surface area contributed by atoms with Gasteiger partial charge in [0.15, 0.2) is 23.1 Å². The Bertz CT molecular complexity index is 1210. The van der Waals surface area contributed by atoms with Crippen molar-refractivity contribution in [2.45, 2.75) is 0 Å². The number of hydrogen-bond donors (Lipinski definition) is 4. The van der Waals surface area contributed by atoms with E-state index in [1.807, 2.05) is 6.07 Å². The minimum Gasteiger partial charge on any atom is -0.494 e. The van der Waals surface area contributed by atoms with Crippen molar-refractivity contribution in [2.24, 2.45) is 13.0 Å². The largest absolute Gasteiger partial charge is 0.494 e. The molecule has 0 radical (unpaired) electrons. The van der Waals surface area contributed by atoms with Gasteiger partial charge in [-0.1, -0.05) is 6.07 Å². The first-order chi connectivity index (χ1) is 16.4. The highest BCUT2D eigenvalue weighted by Gasteiger charge is 2.30. The average Bonchev–Trinajstić information content (AvgIpc) is 3.24. The van der Waals surface area contributed by atoms with Crippen LogP contribution in [0.4, 0.5) is 22.0 Å². The molecule has 2 aromatic heterocycles. The third-order valence-electron chi connectivity index (χ3n) is 5.30. The lowest BCUT2D eigenvalue weighted by Gasteiger charge is -2.37. The summed E-state index contributed by atoms with van der Waals surface area (Å²) in [7, 11) is 4.78. The summed E-state index contributed by atoms with van der Waals surface area (Å²) in [6.07, 6.45) is 1.58. The lowest BCUT2D eigenvalue weighted by Crippen LogP contribution is -2.52. The SMILES string of the molecule is CNC(=O)c1nnc(NC(=O)N2CC(CO)C2)cc1Nc1cccc(-c2ncn(C)n2)c1OC. The first-order valence-electron chi connectivity index (χ1n) is 10.5. The van der Waals surface area contributed by atoms with Crippen LogP contribution in [0.5, 0.6) is 5.75 Å². The van der Waals surface area contributed by atoms with Crippen LogP contribution in [0.25, 0.3) is 11.4 Å². The second-order valence-electron chi connectivity index (χ2n) is 7.71. The van der Waals surface area contributed by atoms with E-state index in [4.69, 9.17) is 9.84 Å². The molecule has 1 aromatic carbocycles. The minimum absolute atomic E-state index is 0.0351. The first-order valence-corrected chi connectivity index (χ1v) is 10.5. The molecule has 1 aliphatic rings. The van der Waals surface area contributed by atoms with Crippen molar-refractivity contribution in [1.82, 2.24) is 35.2 Å². The lowest BCUT2D eigenvalue weighted by molar-refractivity contribution is 0.0838. The Morgan fingerprint density at radius 1 is 1.24 bits per heavy atom. The fourth-order valence-electron chi connectivity index (χ4n) is 3.51. The molecule has 0 aliphatic carbocycles. The Morgan fingerprint density at radius 3 is 2.68 bits per heavy atom. The molecular weight excluding hydrogens is 442 g/mol. The van der Waals surface area contributed by atoms with Gasteiger partial charge in [0.25, 0.3) is 5.91 Å². The lowest BCUT2D eigenvalue weighted by atomic mass is 10.0. The Hall–Kier alpha value is -4.26. The zero-order valence-electron chi connectivity index (χ0n) is 18.9. The van der Waals surface area contributed by atoms with Crippen LogP contribution >= 0.6 is 0 Å². The highest BCUT2D eigenvalue weighted by Crippen LogP contribution is 2.37. The molecule has 0 bridgehead atoms. The molecule has 178 valence electrons. The average molecular weight is 467 g/mol. The molecule has 0 spiro atoms. The number of hydrogen-bond acceptors (Lipinski definition) is 9. The van der Waals surface area contributed by atoms with Gasteiger partial charge in [-0.15, -0.1) is 10.2 Å². The molecule has 0 atom stereocenters. The number of nitrogens with one attached hydrogen (secondary N) is 3. The number of anilines is 3. The monoisotopic (exact) mass is 467 g/mol. The number of para-hydroxylation sites is 1. The number of aliphatic hydroxyl groups is 1. The van der Waals surface area contributed by atoms with Crippen molar-refractivity contribution in [2.75, 3.05) is 44.5 Å². The van der Waals surface area contributed by atoms with E-state index in [-0.39, 0.29) is 30.1 Å². The number of nitrogens with zero attached hydrogens (tertiary/aromatic N) is 6. The van der Waals surface area contributed by atoms with Gasteiger partial charge in [-0.05, 0) is 12.1 Å². The van der Waals surface area contributed by atoms with Crippen molar-refractivity contribution in [3.05, 3.63) is 36.3 Å². The maximum atomic E-state index is 12.4. The van der Waals surface area contributed by atoms with Crippen LogP contribution in [0, 0.1) is 5.92 Å². The summed E-state index contributed by atoms with van der Waals surface area (Å²) in [5.74, 6) is 0.732. The highest BCUT2D eigenvalue weighted by atomic mass is 16.5. The van der Waals surface area contributed by atoms with Gasteiger partial charge in [0.2, 0.25) is 0 Å². The van der Waals surface area contributed by atoms with E-state index in [9.17, 15) is 9.59 Å². The van der Waals surface area contributed by atoms with Gasteiger partial charge >= 0.3 is 6.03 Å². The Kier molecular flexibility index (Phi) is 6.54. The van der Waals surface area contributed by atoms with Crippen molar-refractivity contribution in [3.8, 4) is 17.1 Å². The first kappa shape index (κ1) is 22.9. The molecule has 1 fully saturated rings. The number of benzene rings is 1. The number of likely N-dealkylation sites (tertiary alicyclic amines) is 1. The molecule has 1 aliphatic heterocycles. The maximum Gasteiger partial charge on any atom is 0.323 e. The number of carbonyl (C=O) groups is 2. The molecule has 3 amide bonds. The number of carbonyl (C=O) groups excluding carboxylic acids is 2. The summed E-state index contributed by atoms with van der Waals surface area (Å²) in [5.41, 5.74) is 1.54. The summed E-state index contributed by atoms with van der Waals surface area (Å²) in [4.78, 5) is 30.7. The van der Waals surface area contributed by atoms with E-state index in [0.717, 1.165) is 0 Å². The van der Waals surface area contributed by atoms with Gasteiger partial charge in [-0.2, -0.15) is 5.10 Å². The molecule has 0 saturated carbocycles. The quantitative estimate of drug-likeness (QED) is 0.395.